The van der Waals surface area contributed by atoms with Crippen LogP contribution in [0.2, 0.25) is 0 Å². The first-order valence-electron chi connectivity index (χ1n) is 8.88. The average Bonchev–Trinajstić information content (AvgIpc) is 2.69. The van der Waals surface area contributed by atoms with E-state index in [4.69, 9.17) is 5.73 Å². The van der Waals surface area contributed by atoms with E-state index in [0.29, 0.717) is 48.9 Å². The molecule has 0 bridgehead atoms. The van der Waals surface area contributed by atoms with Crippen LogP contribution in [0.15, 0.2) is 41.4 Å². The van der Waals surface area contributed by atoms with Crippen molar-refractivity contribution in [1.29, 1.82) is 0 Å². The molecule has 1 aromatic carbocycles. The van der Waals surface area contributed by atoms with Gasteiger partial charge in [-0.2, -0.15) is 26.3 Å². The molecule has 0 saturated carbocycles. The predicted octanol–water partition coefficient (Wildman–Crippen LogP) is 3.94. The molecule has 0 amide bonds. The molecule has 1 aliphatic rings. The van der Waals surface area contributed by atoms with Gasteiger partial charge in [-0.15, -0.1) is 0 Å². The molecule has 5 nitrogen and oxygen atoms in total. The zero-order valence-corrected chi connectivity index (χ0v) is 16.5. The Morgan fingerprint density at radius 3 is 1.97 bits per heavy atom. The number of aliphatic hydroxyl groups is 1. The van der Waals surface area contributed by atoms with Gasteiger partial charge in [-0.25, -0.2) is 13.7 Å². The summed E-state index contributed by atoms with van der Waals surface area (Å²) in [6.45, 7) is 1.85. The highest BCUT2D eigenvalue weighted by Gasteiger charge is 2.71. The van der Waals surface area contributed by atoms with E-state index < -0.39 is 29.3 Å². The molecule has 0 unspecified atom stereocenters. The van der Waals surface area contributed by atoms with Crippen LogP contribution in [0, 0.1) is 5.82 Å². The van der Waals surface area contributed by atoms with Crippen LogP contribution in [0.4, 0.5) is 42.2 Å². The zero-order valence-electron chi connectivity index (χ0n) is 15.7. The van der Waals surface area contributed by atoms with E-state index in [1.54, 1.807) is 4.90 Å². The highest BCUT2D eigenvalue weighted by molar-refractivity contribution is 7.97. The minimum atomic E-state index is -5.92. The lowest BCUT2D eigenvalue weighted by atomic mass is 9.92. The number of halogens is 7. The van der Waals surface area contributed by atoms with E-state index in [-0.39, 0.29) is 5.82 Å². The van der Waals surface area contributed by atoms with Crippen LogP contribution in [0.5, 0.6) is 0 Å². The van der Waals surface area contributed by atoms with Crippen LogP contribution in [0.1, 0.15) is 5.56 Å². The third kappa shape index (κ3) is 4.67. The Morgan fingerprint density at radius 1 is 0.935 bits per heavy atom. The fourth-order valence-corrected chi connectivity index (χ4v) is 3.97. The molecule has 170 valence electrons. The molecular formula is C18H17F7N4OS. The summed E-state index contributed by atoms with van der Waals surface area (Å²) in [5.74, 6) is -0.845. The molecule has 0 atom stereocenters. The number of alkyl halides is 6. The average molecular weight is 470 g/mol. The zero-order chi connectivity index (χ0) is 23.0. The molecule has 1 saturated heterocycles. The summed E-state index contributed by atoms with van der Waals surface area (Å²) in [4.78, 5) is 6.06. The first-order valence-corrected chi connectivity index (χ1v) is 9.65. The number of nitrogens with zero attached hydrogens (tertiary/aromatic N) is 3. The number of hydrogen-bond donors (Lipinski definition) is 2. The summed E-state index contributed by atoms with van der Waals surface area (Å²) in [5, 5.41) is 9.46. The lowest BCUT2D eigenvalue weighted by molar-refractivity contribution is -0.376. The molecule has 0 radical (unpaired) electrons. The molecule has 1 aromatic heterocycles. The number of pyridine rings is 1. The van der Waals surface area contributed by atoms with Crippen molar-refractivity contribution < 1.29 is 35.8 Å². The van der Waals surface area contributed by atoms with Crippen molar-refractivity contribution in [1.82, 2.24) is 9.29 Å². The van der Waals surface area contributed by atoms with E-state index in [2.05, 4.69) is 4.98 Å². The van der Waals surface area contributed by atoms with Crippen molar-refractivity contribution in [3.05, 3.63) is 47.9 Å². The number of piperazine rings is 1. The van der Waals surface area contributed by atoms with Gasteiger partial charge in [0.25, 0.3) is 5.60 Å². The summed E-state index contributed by atoms with van der Waals surface area (Å²) in [7, 11) is 0. The molecular weight excluding hydrogens is 453 g/mol. The Morgan fingerprint density at radius 2 is 1.48 bits per heavy atom. The maximum absolute atomic E-state index is 13.5. The number of aromatic nitrogens is 1. The molecule has 1 aliphatic heterocycles. The second-order valence-corrected chi connectivity index (χ2v) is 7.97. The van der Waals surface area contributed by atoms with Crippen molar-refractivity contribution in [3.8, 4) is 0 Å². The van der Waals surface area contributed by atoms with E-state index in [9.17, 15) is 35.8 Å². The van der Waals surface area contributed by atoms with Gasteiger partial charge in [-0.3, -0.25) is 0 Å². The van der Waals surface area contributed by atoms with Gasteiger partial charge >= 0.3 is 12.4 Å². The second kappa shape index (κ2) is 8.36. The lowest BCUT2D eigenvalue weighted by Crippen LogP contribution is -2.53. The van der Waals surface area contributed by atoms with E-state index in [0.717, 1.165) is 12.1 Å². The minimum absolute atomic E-state index is 0.208. The highest BCUT2D eigenvalue weighted by atomic mass is 32.2. The second-order valence-electron chi connectivity index (χ2n) is 6.80. The lowest BCUT2D eigenvalue weighted by Gasteiger charge is -2.36. The third-order valence-electron chi connectivity index (χ3n) is 4.79. The summed E-state index contributed by atoms with van der Waals surface area (Å²) >= 11 is 1.26. The van der Waals surface area contributed by atoms with Crippen molar-refractivity contribution in [2.45, 2.75) is 22.8 Å². The minimum Gasteiger partial charge on any atom is -0.381 e. The molecule has 3 rings (SSSR count). The Balaban J connectivity index is 1.67. The topological polar surface area (TPSA) is 65.6 Å². The quantitative estimate of drug-likeness (QED) is 0.521. The number of hydrogen-bond acceptors (Lipinski definition) is 6. The monoisotopic (exact) mass is 470 g/mol. The van der Waals surface area contributed by atoms with Gasteiger partial charge < -0.3 is 15.7 Å². The smallest absolute Gasteiger partial charge is 0.381 e. The molecule has 3 N–H and O–H groups in total. The van der Waals surface area contributed by atoms with Crippen LogP contribution < -0.4 is 10.6 Å². The summed E-state index contributed by atoms with van der Waals surface area (Å²) < 4.78 is 93.3. The van der Waals surface area contributed by atoms with Crippen LogP contribution in [-0.2, 0) is 5.60 Å². The standard InChI is InChI=1S/C18H17F7N4OS/c19-14-9-13(10-27-15(14)26)31-29-7-5-28(6-8-29)12-3-1-11(2-4-12)16(30,17(20,21)22)18(23,24)25/h1-4,9-10,30H,5-8H2,(H2,26,27). The third-order valence-corrected chi connectivity index (χ3v) is 5.85. The Hall–Kier alpha value is -2.25. The highest BCUT2D eigenvalue weighted by Crippen LogP contribution is 2.50. The van der Waals surface area contributed by atoms with E-state index in [1.807, 2.05) is 4.31 Å². The van der Waals surface area contributed by atoms with Crippen molar-refractivity contribution in [3.63, 3.8) is 0 Å². The largest absolute Gasteiger partial charge is 0.430 e. The molecule has 2 aromatic rings. The fourth-order valence-electron chi connectivity index (χ4n) is 3.07. The summed E-state index contributed by atoms with van der Waals surface area (Å²) in [6, 6.07) is 4.72. The first kappa shape index (κ1) is 23.4. The van der Waals surface area contributed by atoms with Gasteiger partial charge in [-0.05, 0) is 30.1 Å². The molecule has 13 heteroatoms. The predicted molar refractivity (Wildman–Crippen MR) is 101 cm³/mol. The molecule has 0 aliphatic carbocycles. The number of rotatable bonds is 4. The molecule has 31 heavy (non-hydrogen) atoms. The van der Waals surface area contributed by atoms with Gasteiger partial charge in [0.2, 0.25) is 0 Å². The first-order chi connectivity index (χ1) is 14.3. The number of benzene rings is 1. The van der Waals surface area contributed by atoms with E-state index >= 15 is 0 Å². The van der Waals surface area contributed by atoms with Crippen molar-refractivity contribution >= 4 is 23.5 Å². The molecule has 0 spiro atoms. The maximum Gasteiger partial charge on any atom is 0.430 e. The summed E-state index contributed by atoms with van der Waals surface area (Å²) in [6.07, 6.45) is -10.4. The number of nitrogens with two attached hydrogens (primary N) is 1. The summed E-state index contributed by atoms with van der Waals surface area (Å²) in [5.41, 5.74) is -0.500. The number of anilines is 2. The van der Waals surface area contributed by atoms with Crippen molar-refractivity contribution in [2.24, 2.45) is 0 Å². The van der Waals surface area contributed by atoms with E-state index in [1.165, 1.54) is 24.2 Å². The van der Waals surface area contributed by atoms with Gasteiger partial charge in [0, 0.05) is 48.5 Å². The van der Waals surface area contributed by atoms with Crippen LogP contribution >= 0.6 is 11.9 Å². The van der Waals surface area contributed by atoms with Gasteiger partial charge in [0.15, 0.2) is 11.6 Å². The molecule has 1 fully saturated rings. The van der Waals surface area contributed by atoms with Crippen LogP contribution in [-0.4, -0.2) is 52.9 Å². The van der Waals surface area contributed by atoms with Gasteiger partial charge in [0.1, 0.15) is 0 Å². The van der Waals surface area contributed by atoms with Crippen LogP contribution in [0.3, 0.4) is 0 Å². The number of nitrogen functional groups attached to an aromatic ring is 1. The Labute approximate surface area is 176 Å². The Bertz CT molecular complexity index is 899. The van der Waals surface area contributed by atoms with Gasteiger partial charge in [0.05, 0.1) is 0 Å². The maximum atomic E-state index is 13.5. The fraction of sp³-hybridized carbons (Fsp3) is 0.389. The molecule has 2 heterocycles. The van der Waals surface area contributed by atoms with Crippen LogP contribution in [0.25, 0.3) is 0 Å². The normalized spacial score (nSPS) is 16.6. The van der Waals surface area contributed by atoms with Gasteiger partial charge in [-0.1, -0.05) is 12.1 Å². The SMILES string of the molecule is Nc1ncc(SN2CCN(c3ccc(C(O)(C(F)(F)F)C(F)(F)F)cc3)CC2)cc1F. The van der Waals surface area contributed by atoms with Crippen molar-refractivity contribution in [2.75, 3.05) is 36.8 Å². The Kier molecular flexibility index (Phi) is 6.31.